The highest BCUT2D eigenvalue weighted by Gasteiger charge is 2.09. The standard InChI is InChI=1S/C12H16ClNO4/c1-14(12(16)18-8-6-15)5-7-17-11-4-2-3-10(13)9-11/h2-4,9,15H,5-8H2,1H3. The fourth-order valence-electron chi connectivity index (χ4n) is 1.19. The molecule has 0 saturated heterocycles. The first-order chi connectivity index (χ1) is 8.63. The highest BCUT2D eigenvalue weighted by atomic mass is 35.5. The molecule has 0 saturated carbocycles. The number of aliphatic hydroxyl groups is 1. The van der Waals surface area contributed by atoms with Gasteiger partial charge in [0.2, 0.25) is 0 Å². The van der Waals surface area contributed by atoms with Gasteiger partial charge in [-0.25, -0.2) is 4.79 Å². The van der Waals surface area contributed by atoms with Gasteiger partial charge >= 0.3 is 6.09 Å². The highest BCUT2D eigenvalue weighted by Crippen LogP contribution is 2.16. The van der Waals surface area contributed by atoms with E-state index in [0.29, 0.717) is 23.9 Å². The molecule has 0 aliphatic rings. The Balaban J connectivity index is 2.26. The Labute approximate surface area is 111 Å². The molecule has 0 heterocycles. The lowest BCUT2D eigenvalue weighted by Crippen LogP contribution is -2.32. The van der Waals surface area contributed by atoms with E-state index in [0.717, 1.165) is 0 Å². The van der Waals surface area contributed by atoms with E-state index in [2.05, 4.69) is 0 Å². The number of amides is 1. The molecule has 0 unspecified atom stereocenters. The average Bonchev–Trinajstić information content (AvgIpc) is 2.35. The Bertz CT molecular complexity index is 386. The van der Waals surface area contributed by atoms with Crippen LogP contribution in [-0.2, 0) is 4.74 Å². The van der Waals surface area contributed by atoms with Crippen LogP contribution in [-0.4, -0.2) is 49.5 Å². The van der Waals surface area contributed by atoms with Crippen LogP contribution in [0.2, 0.25) is 5.02 Å². The molecule has 5 nitrogen and oxygen atoms in total. The molecule has 1 N–H and O–H groups in total. The van der Waals surface area contributed by atoms with Crippen LogP contribution in [0.4, 0.5) is 4.79 Å². The Morgan fingerprint density at radius 1 is 1.44 bits per heavy atom. The first-order valence-electron chi connectivity index (χ1n) is 5.50. The topological polar surface area (TPSA) is 59.0 Å². The number of hydrogen-bond acceptors (Lipinski definition) is 4. The normalized spacial score (nSPS) is 9.94. The van der Waals surface area contributed by atoms with Gasteiger partial charge in [-0.3, -0.25) is 0 Å². The molecule has 100 valence electrons. The number of likely N-dealkylation sites (N-methyl/N-ethyl adjacent to an activating group) is 1. The van der Waals surface area contributed by atoms with Crippen molar-refractivity contribution in [2.75, 3.05) is 33.4 Å². The summed E-state index contributed by atoms with van der Waals surface area (Å²) >= 11 is 5.81. The molecule has 0 bridgehead atoms. The number of halogens is 1. The molecule has 6 heteroatoms. The minimum Gasteiger partial charge on any atom is -0.492 e. The van der Waals surface area contributed by atoms with E-state index in [9.17, 15) is 4.79 Å². The third kappa shape index (κ3) is 5.25. The van der Waals surface area contributed by atoms with Gasteiger partial charge in [-0.2, -0.15) is 0 Å². The third-order valence-electron chi connectivity index (χ3n) is 2.12. The monoisotopic (exact) mass is 273 g/mol. The number of aliphatic hydroxyl groups excluding tert-OH is 1. The van der Waals surface area contributed by atoms with Gasteiger partial charge < -0.3 is 19.5 Å². The second kappa shape index (κ2) is 7.79. The second-order valence-corrected chi connectivity index (χ2v) is 4.00. The van der Waals surface area contributed by atoms with E-state index < -0.39 is 6.09 Å². The quantitative estimate of drug-likeness (QED) is 0.858. The van der Waals surface area contributed by atoms with Crippen LogP contribution < -0.4 is 4.74 Å². The van der Waals surface area contributed by atoms with Crippen molar-refractivity contribution in [3.05, 3.63) is 29.3 Å². The minimum atomic E-state index is -0.487. The predicted octanol–water partition coefficient (Wildman–Crippen LogP) is 1.78. The van der Waals surface area contributed by atoms with Gasteiger partial charge in [0.1, 0.15) is 19.0 Å². The van der Waals surface area contributed by atoms with E-state index >= 15 is 0 Å². The van der Waals surface area contributed by atoms with Crippen LogP contribution in [0.5, 0.6) is 5.75 Å². The minimum absolute atomic E-state index is 0.00166. The average molecular weight is 274 g/mol. The molecule has 1 amide bonds. The van der Waals surface area contributed by atoms with E-state index in [1.807, 2.05) is 0 Å². The first-order valence-corrected chi connectivity index (χ1v) is 5.88. The van der Waals surface area contributed by atoms with Gasteiger partial charge in [-0.05, 0) is 18.2 Å². The molecule has 0 atom stereocenters. The van der Waals surface area contributed by atoms with Crippen LogP contribution in [0.3, 0.4) is 0 Å². The molecule has 0 aliphatic carbocycles. The molecular formula is C12H16ClNO4. The number of carbonyl (C=O) groups is 1. The van der Waals surface area contributed by atoms with Crippen molar-refractivity contribution >= 4 is 17.7 Å². The van der Waals surface area contributed by atoms with E-state index in [1.54, 1.807) is 31.3 Å². The second-order valence-electron chi connectivity index (χ2n) is 3.57. The zero-order chi connectivity index (χ0) is 13.4. The Morgan fingerprint density at radius 2 is 2.22 bits per heavy atom. The van der Waals surface area contributed by atoms with E-state index in [4.69, 9.17) is 26.2 Å². The maximum atomic E-state index is 11.3. The summed E-state index contributed by atoms with van der Waals surface area (Å²) in [6, 6.07) is 7.03. The highest BCUT2D eigenvalue weighted by molar-refractivity contribution is 6.30. The molecule has 1 aromatic carbocycles. The van der Waals surface area contributed by atoms with Crippen LogP contribution in [0, 0.1) is 0 Å². The Morgan fingerprint density at radius 3 is 2.89 bits per heavy atom. The molecule has 0 spiro atoms. The van der Waals surface area contributed by atoms with Crippen molar-refractivity contribution in [3.63, 3.8) is 0 Å². The number of benzene rings is 1. The number of rotatable bonds is 6. The SMILES string of the molecule is CN(CCOc1cccc(Cl)c1)C(=O)OCCO. The van der Waals surface area contributed by atoms with Crippen molar-refractivity contribution in [1.82, 2.24) is 4.90 Å². The lowest BCUT2D eigenvalue weighted by molar-refractivity contribution is 0.0872. The summed E-state index contributed by atoms with van der Waals surface area (Å²) < 4.78 is 10.2. The molecule has 0 fully saturated rings. The predicted molar refractivity (Wildman–Crippen MR) is 68.0 cm³/mol. The maximum Gasteiger partial charge on any atom is 0.409 e. The lowest BCUT2D eigenvalue weighted by atomic mass is 10.3. The van der Waals surface area contributed by atoms with Crippen LogP contribution >= 0.6 is 11.6 Å². The molecule has 0 radical (unpaired) electrons. The van der Waals surface area contributed by atoms with Gasteiger partial charge in [0.05, 0.1) is 13.2 Å². The molecule has 1 aromatic rings. The van der Waals surface area contributed by atoms with Crippen LogP contribution in [0.25, 0.3) is 0 Å². The first kappa shape index (κ1) is 14.6. The summed E-state index contributed by atoms with van der Waals surface area (Å²) in [4.78, 5) is 12.7. The van der Waals surface area contributed by atoms with Gasteiger partial charge in [0.25, 0.3) is 0 Å². The molecule has 0 aromatic heterocycles. The van der Waals surface area contributed by atoms with Gasteiger partial charge in [-0.1, -0.05) is 17.7 Å². The number of nitrogens with zero attached hydrogens (tertiary/aromatic N) is 1. The molecular weight excluding hydrogens is 258 g/mol. The summed E-state index contributed by atoms with van der Waals surface area (Å²) in [5.74, 6) is 0.652. The Hall–Kier alpha value is -1.46. The summed E-state index contributed by atoms with van der Waals surface area (Å²) in [5.41, 5.74) is 0. The summed E-state index contributed by atoms with van der Waals surface area (Å²) in [7, 11) is 1.60. The van der Waals surface area contributed by atoms with Crippen molar-refractivity contribution in [3.8, 4) is 5.75 Å². The van der Waals surface area contributed by atoms with Crippen molar-refractivity contribution in [1.29, 1.82) is 0 Å². The van der Waals surface area contributed by atoms with Crippen LogP contribution in [0.1, 0.15) is 0 Å². The fraction of sp³-hybridized carbons (Fsp3) is 0.417. The summed E-state index contributed by atoms with van der Waals surface area (Å²) in [6.45, 7) is 0.540. The van der Waals surface area contributed by atoms with Crippen molar-refractivity contribution in [2.24, 2.45) is 0 Å². The van der Waals surface area contributed by atoms with Crippen molar-refractivity contribution < 1.29 is 19.4 Å². The maximum absolute atomic E-state index is 11.3. The molecule has 18 heavy (non-hydrogen) atoms. The van der Waals surface area contributed by atoms with E-state index in [-0.39, 0.29) is 13.2 Å². The number of carbonyl (C=O) groups excluding carboxylic acids is 1. The number of hydrogen-bond donors (Lipinski definition) is 1. The summed E-state index contributed by atoms with van der Waals surface area (Å²) in [6.07, 6.45) is -0.487. The third-order valence-corrected chi connectivity index (χ3v) is 2.36. The van der Waals surface area contributed by atoms with Gasteiger partial charge in [0, 0.05) is 12.1 Å². The fourth-order valence-corrected chi connectivity index (χ4v) is 1.37. The zero-order valence-corrected chi connectivity index (χ0v) is 10.9. The largest absolute Gasteiger partial charge is 0.492 e. The smallest absolute Gasteiger partial charge is 0.409 e. The lowest BCUT2D eigenvalue weighted by Gasteiger charge is -2.16. The number of ether oxygens (including phenoxy) is 2. The van der Waals surface area contributed by atoms with Gasteiger partial charge in [-0.15, -0.1) is 0 Å². The molecule has 1 rings (SSSR count). The Kier molecular flexibility index (Phi) is 6.32. The molecule has 0 aliphatic heterocycles. The van der Waals surface area contributed by atoms with E-state index in [1.165, 1.54) is 4.90 Å². The van der Waals surface area contributed by atoms with Crippen LogP contribution in [0.15, 0.2) is 24.3 Å². The zero-order valence-electron chi connectivity index (χ0n) is 10.1. The summed E-state index contributed by atoms with van der Waals surface area (Å²) in [5, 5.41) is 9.11. The van der Waals surface area contributed by atoms with Crippen molar-refractivity contribution in [2.45, 2.75) is 0 Å². The van der Waals surface area contributed by atoms with Gasteiger partial charge in [0.15, 0.2) is 0 Å².